The van der Waals surface area contributed by atoms with Crippen molar-refractivity contribution in [2.24, 2.45) is 5.92 Å². The van der Waals surface area contributed by atoms with Crippen molar-refractivity contribution >= 4 is 0 Å². The molecule has 1 saturated carbocycles. The molecule has 2 rings (SSSR count). The van der Waals surface area contributed by atoms with E-state index in [0.29, 0.717) is 5.92 Å². The Morgan fingerprint density at radius 3 is 2.44 bits per heavy atom. The van der Waals surface area contributed by atoms with Crippen LogP contribution in [0.5, 0.6) is 5.75 Å². The van der Waals surface area contributed by atoms with E-state index in [0.717, 1.165) is 5.75 Å². The van der Waals surface area contributed by atoms with Gasteiger partial charge in [-0.15, -0.1) is 0 Å². The van der Waals surface area contributed by atoms with Crippen molar-refractivity contribution in [3.8, 4) is 5.75 Å². The van der Waals surface area contributed by atoms with Crippen molar-refractivity contribution in [2.75, 3.05) is 21.3 Å². The molecule has 1 aromatic rings. The highest BCUT2D eigenvalue weighted by atomic mass is 16.5. The summed E-state index contributed by atoms with van der Waals surface area (Å²) in [5, 5.41) is 3.40. The van der Waals surface area contributed by atoms with Crippen LogP contribution in [0.1, 0.15) is 30.0 Å². The zero-order chi connectivity index (χ0) is 13.1. The summed E-state index contributed by atoms with van der Waals surface area (Å²) in [6.07, 6.45) is 2.83. The minimum atomic E-state index is 0.258. The van der Waals surface area contributed by atoms with Gasteiger partial charge in [-0.2, -0.15) is 0 Å². The maximum Gasteiger partial charge on any atom is 0.119 e. The Bertz CT molecular complexity index is 401. The van der Waals surface area contributed by atoms with Crippen molar-refractivity contribution in [1.82, 2.24) is 5.32 Å². The summed E-state index contributed by atoms with van der Waals surface area (Å²) in [6, 6.07) is 6.50. The van der Waals surface area contributed by atoms with Crippen LogP contribution in [0, 0.1) is 12.8 Å². The highest BCUT2D eigenvalue weighted by Gasteiger charge is 2.37. The molecule has 18 heavy (non-hydrogen) atoms. The van der Waals surface area contributed by atoms with Gasteiger partial charge in [0.25, 0.3) is 0 Å². The molecule has 2 atom stereocenters. The fourth-order valence-corrected chi connectivity index (χ4v) is 2.65. The number of aryl methyl sites for hydroxylation is 1. The molecule has 2 unspecified atom stereocenters. The molecule has 1 aliphatic rings. The lowest BCUT2D eigenvalue weighted by atomic mass is 9.94. The Morgan fingerprint density at radius 1 is 1.28 bits per heavy atom. The second-order valence-electron chi connectivity index (χ2n) is 5.03. The second-order valence-corrected chi connectivity index (χ2v) is 5.03. The van der Waals surface area contributed by atoms with E-state index in [9.17, 15) is 0 Å². The monoisotopic (exact) mass is 249 g/mol. The summed E-state index contributed by atoms with van der Waals surface area (Å²) < 4.78 is 11.0. The van der Waals surface area contributed by atoms with Crippen molar-refractivity contribution < 1.29 is 9.47 Å². The first-order chi connectivity index (χ1) is 8.71. The minimum absolute atomic E-state index is 0.258. The van der Waals surface area contributed by atoms with Crippen molar-refractivity contribution in [1.29, 1.82) is 0 Å². The van der Waals surface area contributed by atoms with E-state index in [-0.39, 0.29) is 12.1 Å². The van der Waals surface area contributed by atoms with Gasteiger partial charge in [0, 0.05) is 7.11 Å². The molecule has 1 aliphatic carbocycles. The summed E-state index contributed by atoms with van der Waals surface area (Å²) in [5.41, 5.74) is 2.55. The molecule has 0 aliphatic heterocycles. The van der Waals surface area contributed by atoms with Crippen LogP contribution in [0.25, 0.3) is 0 Å². The molecule has 1 fully saturated rings. The first kappa shape index (κ1) is 13.4. The van der Waals surface area contributed by atoms with Gasteiger partial charge in [-0.25, -0.2) is 0 Å². The van der Waals surface area contributed by atoms with E-state index in [4.69, 9.17) is 9.47 Å². The fourth-order valence-electron chi connectivity index (χ4n) is 2.65. The zero-order valence-corrected chi connectivity index (χ0v) is 11.7. The van der Waals surface area contributed by atoms with Crippen LogP contribution in [0.3, 0.4) is 0 Å². The number of rotatable bonds is 6. The molecule has 1 N–H and O–H groups in total. The van der Waals surface area contributed by atoms with Gasteiger partial charge in [-0.3, -0.25) is 0 Å². The first-order valence-corrected chi connectivity index (χ1v) is 6.55. The van der Waals surface area contributed by atoms with Crippen LogP contribution in [0.2, 0.25) is 0 Å². The Kier molecular flexibility index (Phi) is 4.25. The lowest BCUT2D eigenvalue weighted by Crippen LogP contribution is -2.33. The van der Waals surface area contributed by atoms with Crippen LogP contribution >= 0.6 is 0 Å². The third-order valence-corrected chi connectivity index (χ3v) is 3.81. The molecule has 1 aromatic carbocycles. The van der Waals surface area contributed by atoms with Crippen LogP contribution in [-0.2, 0) is 4.74 Å². The Balaban J connectivity index is 2.25. The van der Waals surface area contributed by atoms with Gasteiger partial charge in [-0.05, 0) is 56.0 Å². The zero-order valence-electron chi connectivity index (χ0n) is 11.7. The van der Waals surface area contributed by atoms with E-state index in [1.807, 2.05) is 20.2 Å². The van der Waals surface area contributed by atoms with Crippen molar-refractivity contribution in [2.45, 2.75) is 31.9 Å². The van der Waals surface area contributed by atoms with E-state index in [1.165, 1.54) is 24.0 Å². The van der Waals surface area contributed by atoms with E-state index < -0.39 is 0 Å². The SMILES string of the molecule is CNC(c1ccc(OC)cc1C)C(OC)C1CC1. The molecular weight excluding hydrogens is 226 g/mol. The third kappa shape index (κ3) is 2.68. The molecule has 100 valence electrons. The topological polar surface area (TPSA) is 30.5 Å². The Morgan fingerprint density at radius 2 is 2.00 bits per heavy atom. The Hall–Kier alpha value is -1.06. The standard InChI is InChI=1S/C15H23NO2/c1-10-9-12(17-3)7-8-13(10)14(16-2)15(18-4)11-5-6-11/h7-9,11,14-16H,5-6H2,1-4H3. The molecule has 3 nitrogen and oxygen atoms in total. The minimum Gasteiger partial charge on any atom is -0.497 e. The van der Waals surface area contributed by atoms with Crippen LogP contribution in [0.15, 0.2) is 18.2 Å². The maximum absolute atomic E-state index is 5.70. The largest absolute Gasteiger partial charge is 0.497 e. The van der Waals surface area contributed by atoms with Gasteiger partial charge in [0.2, 0.25) is 0 Å². The number of methoxy groups -OCH3 is 2. The van der Waals surface area contributed by atoms with Crippen LogP contribution in [0.4, 0.5) is 0 Å². The summed E-state index contributed by atoms with van der Waals surface area (Å²) in [5.74, 6) is 1.61. The van der Waals surface area contributed by atoms with Gasteiger partial charge in [0.05, 0.1) is 19.3 Å². The lowest BCUT2D eigenvalue weighted by molar-refractivity contribution is 0.0528. The van der Waals surface area contributed by atoms with Gasteiger partial charge >= 0.3 is 0 Å². The molecular formula is C15H23NO2. The summed E-state index contributed by atoms with van der Waals surface area (Å²) >= 11 is 0. The molecule has 0 bridgehead atoms. The number of hydrogen-bond donors (Lipinski definition) is 1. The van der Waals surface area contributed by atoms with E-state index in [1.54, 1.807) is 7.11 Å². The summed E-state index contributed by atoms with van der Waals surface area (Å²) in [6.45, 7) is 2.13. The highest BCUT2D eigenvalue weighted by Crippen LogP contribution is 2.40. The second kappa shape index (κ2) is 5.72. The maximum atomic E-state index is 5.70. The fraction of sp³-hybridized carbons (Fsp3) is 0.600. The van der Waals surface area contributed by atoms with E-state index >= 15 is 0 Å². The first-order valence-electron chi connectivity index (χ1n) is 6.55. The average molecular weight is 249 g/mol. The number of likely N-dealkylation sites (N-methyl/N-ethyl adjacent to an activating group) is 1. The van der Waals surface area contributed by atoms with Gasteiger partial charge in [0.1, 0.15) is 5.75 Å². The third-order valence-electron chi connectivity index (χ3n) is 3.81. The van der Waals surface area contributed by atoms with Gasteiger partial charge in [0.15, 0.2) is 0 Å². The molecule has 0 amide bonds. The number of ether oxygens (including phenoxy) is 2. The quantitative estimate of drug-likeness (QED) is 0.841. The van der Waals surface area contributed by atoms with Crippen molar-refractivity contribution in [3.63, 3.8) is 0 Å². The molecule has 0 heterocycles. The molecule has 0 spiro atoms. The number of nitrogens with one attached hydrogen (secondary N) is 1. The number of hydrogen-bond acceptors (Lipinski definition) is 3. The van der Waals surface area contributed by atoms with E-state index in [2.05, 4.69) is 24.4 Å². The smallest absolute Gasteiger partial charge is 0.119 e. The van der Waals surface area contributed by atoms with Gasteiger partial charge < -0.3 is 14.8 Å². The Labute approximate surface area is 109 Å². The number of benzene rings is 1. The highest BCUT2D eigenvalue weighted by molar-refractivity contribution is 5.37. The predicted octanol–water partition coefficient (Wildman–Crippen LogP) is 2.69. The molecule has 3 heteroatoms. The molecule has 0 saturated heterocycles. The molecule has 0 aromatic heterocycles. The molecule has 0 radical (unpaired) electrons. The summed E-state index contributed by atoms with van der Waals surface area (Å²) in [4.78, 5) is 0. The predicted molar refractivity (Wildman–Crippen MR) is 73.1 cm³/mol. The summed E-state index contributed by atoms with van der Waals surface area (Å²) in [7, 11) is 5.51. The van der Waals surface area contributed by atoms with Crippen LogP contribution < -0.4 is 10.1 Å². The van der Waals surface area contributed by atoms with Crippen LogP contribution in [-0.4, -0.2) is 27.4 Å². The normalized spacial score (nSPS) is 18.4. The van der Waals surface area contributed by atoms with Gasteiger partial charge in [-0.1, -0.05) is 6.07 Å². The lowest BCUT2D eigenvalue weighted by Gasteiger charge is -2.27. The average Bonchev–Trinajstić information content (AvgIpc) is 3.20. The van der Waals surface area contributed by atoms with Crippen molar-refractivity contribution in [3.05, 3.63) is 29.3 Å².